The molecule has 0 saturated carbocycles. The van der Waals surface area contributed by atoms with Crippen molar-refractivity contribution in [2.45, 2.75) is 39.0 Å². The Kier molecular flexibility index (Phi) is 7.11. The van der Waals surface area contributed by atoms with E-state index >= 15 is 0 Å². The minimum Gasteiger partial charge on any atom is -0.507 e. The van der Waals surface area contributed by atoms with E-state index in [9.17, 15) is 24.4 Å². The van der Waals surface area contributed by atoms with E-state index in [4.69, 9.17) is 18.5 Å². The summed E-state index contributed by atoms with van der Waals surface area (Å²) in [5, 5.41) is 20.0. The molecule has 0 spiro atoms. The molecule has 0 aliphatic carbocycles. The highest BCUT2D eigenvalue weighted by Gasteiger charge is 2.40. The zero-order valence-electron chi connectivity index (χ0n) is 17.0. The first-order valence-corrected chi connectivity index (χ1v) is 10.4. The molecule has 29 heavy (non-hydrogen) atoms. The summed E-state index contributed by atoms with van der Waals surface area (Å²) >= 11 is 0. The molecule has 0 fully saturated rings. The van der Waals surface area contributed by atoms with Crippen LogP contribution in [0.15, 0.2) is 11.6 Å². The maximum Gasteiger partial charge on any atom is 0.344 e. The molecule has 0 radical (unpaired) electrons. The number of aromatic hydroxyl groups is 1. The predicted molar refractivity (Wildman–Crippen MR) is 104 cm³/mol. The summed E-state index contributed by atoms with van der Waals surface area (Å²) in [5.74, 6) is -1.69. The van der Waals surface area contributed by atoms with Crippen molar-refractivity contribution < 1.29 is 42.9 Å². The molecule has 2 N–H and O–H groups in total. The van der Waals surface area contributed by atoms with E-state index in [1.54, 1.807) is 19.9 Å². The molecule has 9 nitrogen and oxygen atoms in total. The number of rotatable bonds is 9. The molecule has 0 amide bonds. The lowest BCUT2D eigenvalue weighted by molar-refractivity contribution is -0.137. The van der Waals surface area contributed by atoms with Crippen LogP contribution in [0, 0.1) is 6.92 Å². The SMILES string of the molecule is COc1c(C)c2c(c(O)c1CC=C(C)CC(C(=O)O)P(=O)(OC)OC)C(=O)OC2. The molecule has 1 heterocycles. The highest BCUT2D eigenvalue weighted by Crippen LogP contribution is 2.53. The number of allylic oxidation sites excluding steroid dienone is 2. The van der Waals surface area contributed by atoms with Gasteiger partial charge in [0.25, 0.3) is 0 Å². The molecule has 1 aliphatic rings. The van der Waals surface area contributed by atoms with Crippen molar-refractivity contribution in [3.8, 4) is 11.5 Å². The normalized spacial score (nSPS) is 15.1. The average Bonchev–Trinajstić information content (AvgIpc) is 3.08. The van der Waals surface area contributed by atoms with Crippen LogP contribution in [-0.2, 0) is 36.2 Å². The Labute approximate surface area is 168 Å². The molecule has 2 rings (SSSR count). The Morgan fingerprint density at radius 1 is 1.31 bits per heavy atom. The molecule has 0 saturated heterocycles. The summed E-state index contributed by atoms with van der Waals surface area (Å²) in [7, 11) is -0.0993. The van der Waals surface area contributed by atoms with Crippen molar-refractivity contribution in [1.82, 2.24) is 0 Å². The first-order valence-electron chi connectivity index (χ1n) is 8.79. The molecule has 1 aliphatic heterocycles. The summed E-state index contributed by atoms with van der Waals surface area (Å²) < 4.78 is 32.6. The molecule has 1 aromatic rings. The lowest BCUT2D eigenvalue weighted by Gasteiger charge is -2.21. The van der Waals surface area contributed by atoms with Gasteiger partial charge in [-0.2, -0.15) is 0 Å². The first kappa shape index (κ1) is 22.9. The molecule has 0 aromatic heterocycles. The number of phenolic OH excluding ortho intramolecular Hbond substituents is 1. The number of ether oxygens (including phenoxy) is 2. The molecule has 10 heteroatoms. The van der Waals surface area contributed by atoms with E-state index in [1.807, 2.05) is 0 Å². The van der Waals surface area contributed by atoms with Crippen molar-refractivity contribution >= 4 is 19.5 Å². The lowest BCUT2D eigenvalue weighted by Crippen LogP contribution is -2.22. The van der Waals surface area contributed by atoms with E-state index in [0.717, 1.165) is 14.2 Å². The summed E-state index contributed by atoms with van der Waals surface area (Å²) in [4.78, 5) is 23.5. The Morgan fingerprint density at radius 2 is 1.93 bits per heavy atom. The zero-order chi connectivity index (χ0) is 21.9. The van der Waals surface area contributed by atoms with Crippen LogP contribution < -0.4 is 4.74 Å². The van der Waals surface area contributed by atoms with Gasteiger partial charge in [0, 0.05) is 25.3 Å². The summed E-state index contributed by atoms with van der Waals surface area (Å²) in [5.41, 5.74) is 1.00. The number of hydrogen-bond donors (Lipinski definition) is 2. The number of methoxy groups -OCH3 is 1. The number of carboxylic acid groups (broad SMARTS) is 1. The molecular weight excluding hydrogens is 403 g/mol. The summed E-state index contributed by atoms with van der Waals surface area (Å²) in [6.45, 7) is 3.51. The van der Waals surface area contributed by atoms with Gasteiger partial charge < -0.3 is 28.7 Å². The van der Waals surface area contributed by atoms with Crippen LogP contribution >= 0.6 is 7.60 Å². The van der Waals surface area contributed by atoms with Gasteiger partial charge in [-0.15, -0.1) is 0 Å². The third-order valence-electron chi connectivity index (χ3n) is 4.99. The van der Waals surface area contributed by atoms with E-state index in [0.29, 0.717) is 28.0 Å². The first-order chi connectivity index (χ1) is 13.6. The van der Waals surface area contributed by atoms with Gasteiger partial charge in [-0.05, 0) is 32.3 Å². The molecule has 1 unspecified atom stereocenters. The van der Waals surface area contributed by atoms with Crippen molar-refractivity contribution in [2.24, 2.45) is 0 Å². The topological polar surface area (TPSA) is 129 Å². The lowest BCUT2D eigenvalue weighted by atomic mass is 9.94. The number of fused-ring (bicyclic) bond motifs is 1. The predicted octanol–water partition coefficient (Wildman–Crippen LogP) is 3.20. The Balaban J connectivity index is 2.37. The molecule has 1 aromatic carbocycles. The van der Waals surface area contributed by atoms with Crippen molar-refractivity contribution in [3.05, 3.63) is 33.9 Å². The van der Waals surface area contributed by atoms with Crippen LogP contribution in [0.4, 0.5) is 0 Å². The van der Waals surface area contributed by atoms with E-state index < -0.39 is 25.2 Å². The smallest absolute Gasteiger partial charge is 0.344 e. The third-order valence-corrected chi connectivity index (χ3v) is 7.18. The molecular formula is C19H25O9P. The van der Waals surface area contributed by atoms with Crippen LogP contribution in [0.1, 0.15) is 40.4 Å². The van der Waals surface area contributed by atoms with Gasteiger partial charge in [-0.25, -0.2) is 4.79 Å². The minimum atomic E-state index is -3.82. The maximum atomic E-state index is 12.5. The Bertz CT molecular complexity index is 896. The fourth-order valence-corrected chi connectivity index (χ4v) is 4.80. The fourth-order valence-electron chi connectivity index (χ4n) is 3.36. The zero-order valence-corrected chi connectivity index (χ0v) is 17.9. The van der Waals surface area contributed by atoms with Crippen LogP contribution in [0.2, 0.25) is 0 Å². The standard InChI is InChI=1S/C19H25O9P/c1-10(8-14(18(21)22)29(24,26-4)27-5)6-7-12-16(20)15-13(9-28-19(15)23)11(2)17(12)25-3/h6,14,20H,7-9H2,1-5H3,(H,21,22). The van der Waals surface area contributed by atoms with Crippen molar-refractivity contribution in [1.29, 1.82) is 0 Å². The van der Waals surface area contributed by atoms with Gasteiger partial charge in [0.15, 0.2) is 5.66 Å². The van der Waals surface area contributed by atoms with Crippen LogP contribution in [0.25, 0.3) is 0 Å². The second-order valence-corrected chi connectivity index (χ2v) is 9.07. The Morgan fingerprint density at radius 3 is 2.45 bits per heavy atom. The van der Waals surface area contributed by atoms with Gasteiger partial charge in [0.1, 0.15) is 23.7 Å². The van der Waals surface area contributed by atoms with Gasteiger partial charge in [0.2, 0.25) is 0 Å². The van der Waals surface area contributed by atoms with Crippen molar-refractivity contribution in [3.63, 3.8) is 0 Å². The molecule has 160 valence electrons. The second kappa shape index (κ2) is 8.98. The third kappa shape index (κ3) is 4.32. The molecule has 1 atom stereocenters. The number of carbonyl (C=O) groups is 2. The van der Waals surface area contributed by atoms with E-state index in [-0.39, 0.29) is 30.8 Å². The quantitative estimate of drug-likeness (QED) is 0.346. The number of esters is 1. The van der Waals surface area contributed by atoms with E-state index in [2.05, 4.69) is 0 Å². The number of carbonyl (C=O) groups excluding carboxylic acids is 1. The monoisotopic (exact) mass is 428 g/mol. The van der Waals surface area contributed by atoms with Gasteiger partial charge >= 0.3 is 19.5 Å². The van der Waals surface area contributed by atoms with Crippen molar-refractivity contribution in [2.75, 3.05) is 21.3 Å². The van der Waals surface area contributed by atoms with Gasteiger partial charge in [0.05, 0.1) is 7.11 Å². The van der Waals surface area contributed by atoms with Crippen LogP contribution in [-0.4, -0.2) is 49.1 Å². The second-order valence-electron chi connectivity index (χ2n) is 6.63. The minimum absolute atomic E-state index is 0.0721. The Hall–Kier alpha value is -2.35. The fraction of sp³-hybridized carbons (Fsp3) is 0.474. The number of hydrogen-bond acceptors (Lipinski definition) is 8. The van der Waals surface area contributed by atoms with E-state index in [1.165, 1.54) is 7.11 Å². The summed E-state index contributed by atoms with van der Waals surface area (Å²) in [6.07, 6.45) is 1.76. The number of phenols is 1. The highest BCUT2D eigenvalue weighted by molar-refractivity contribution is 7.55. The number of cyclic esters (lactones) is 1. The van der Waals surface area contributed by atoms with Crippen LogP contribution in [0.5, 0.6) is 11.5 Å². The van der Waals surface area contributed by atoms with Gasteiger partial charge in [-0.1, -0.05) is 11.6 Å². The largest absolute Gasteiger partial charge is 0.507 e. The summed E-state index contributed by atoms with van der Waals surface area (Å²) in [6, 6.07) is 0. The average molecular weight is 428 g/mol. The molecule has 0 bridgehead atoms. The number of aliphatic carboxylic acids is 1. The number of benzene rings is 1. The van der Waals surface area contributed by atoms with Crippen LogP contribution in [0.3, 0.4) is 0 Å². The van der Waals surface area contributed by atoms with Gasteiger partial charge in [-0.3, -0.25) is 9.36 Å². The number of carboxylic acids is 1. The maximum absolute atomic E-state index is 12.5. The highest BCUT2D eigenvalue weighted by atomic mass is 31.2.